The molecule has 0 saturated carbocycles. The Kier molecular flexibility index (Phi) is 3.93. The zero-order valence-corrected chi connectivity index (χ0v) is 11.7. The van der Waals surface area contributed by atoms with Gasteiger partial charge in [0.05, 0.1) is 13.7 Å². The summed E-state index contributed by atoms with van der Waals surface area (Å²) < 4.78 is 10.8. The number of nitrogens with one attached hydrogen (secondary N) is 1. The van der Waals surface area contributed by atoms with Gasteiger partial charge < -0.3 is 14.8 Å². The summed E-state index contributed by atoms with van der Waals surface area (Å²) >= 11 is 0. The molecule has 0 spiro atoms. The summed E-state index contributed by atoms with van der Waals surface area (Å²) in [6.07, 6.45) is 0. The molecule has 1 aromatic carbocycles. The van der Waals surface area contributed by atoms with Crippen LogP contribution < -0.4 is 10.1 Å². The Morgan fingerprint density at radius 3 is 2.72 bits per heavy atom. The molecule has 0 radical (unpaired) electrons. The molecule has 1 N–H and O–H groups in total. The molecule has 1 saturated heterocycles. The molecule has 1 aromatic rings. The van der Waals surface area contributed by atoms with Crippen LogP contribution in [0.2, 0.25) is 0 Å². The summed E-state index contributed by atoms with van der Waals surface area (Å²) in [5, 5.41) is 3.49. The standard InChI is InChI=1S/C15H23NO2/c1-11-8-16-10-15(11,2)13-6-5-7-14(18-4)12(13)9-17-3/h5-7,11,16H,8-10H2,1-4H3. The molecule has 0 aliphatic carbocycles. The highest BCUT2D eigenvalue weighted by Crippen LogP contribution is 2.39. The fraction of sp³-hybridized carbons (Fsp3) is 0.600. The molecule has 1 heterocycles. The number of methoxy groups -OCH3 is 2. The van der Waals surface area contributed by atoms with Gasteiger partial charge in [-0.1, -0.05) is 26.0 Å². The lowest BCUT2D eigenvalue weighted by molar-refractivity contribution is 0.178. The average Bonchev–Trinajstić information content (AvgIpc) is 2.71. The lowest BCUT2D eigenvalue weighted by atomic mass is 9.73. The number of ether oxygens (including phenoxy) is 2. The van der Waals surface area contributed by atoms with Crippen LogP contribution in [0, 0.1) is 5.92 Å². The second-order valence-corrected chi connectivity index (χ2v) is 5.37. The van der Waals surface area contributed by atoms with Crippen LogP contribution in [-0.2, 0) is 16.8 Å². The van der Waals surface area contributed by atoms with Gasteiger partial charge in [-0.3, -0.25) is 0 Å². The lowest BCUT2D eigenvalue weighted by Gasteiger charge is -2.31. The maximum absolute atomic E-state index is 5.48. The van der Waals surface area contributed by atoms with Crippen molar-refractivity contribution < 1.29 is 9.47 Å². The highest BCUT2D eigenvalue weighted by atomic mass is 16.5. The molecule has 3 nitrogen and oxygen atoms in total. The predicted molar refractivity (Wildman–Crippen MR) is 73.1 cm³/mol. The quantitative estimate of drug-likeness (QED) is 0.888. The topological polar surface area (TPSA) is 30.5 Å². The van der Waals surface area contributed by atoms with Crippen LogP contribution in [0.25, 0.3) is 0 Å². The predicted octanol–water partition coefficient (Wildman–Crippen LogP) is 2.34. The summed E-state index contributed by atoms with van der Waals surface area (Å²) in [5.41, 5.74) is 2.68. The number of benzene rings is 1. The largest absolute Gasteiger partial charge is 0.496 e. The molecule has 2 rings (SSSR count). The van der Waals surface area contributed by atoms with Crippen molar-refractivity contribution in [2.45, 2.75) is 25.9 Å². The van der Waals surface area contributed by atoms with E-state index in [0.717, 1.165) is 18.8 Å². The normalized spacial score (nSPS) is 27.4. The van der Waals surface area contributed by atoms with E-state index in [1.54, 1.807) is 14.2 Å². The molecule has 0 amide bonds. The maximum Gasteiger partial charge on any atom is 0.124 e. The van der Waals surface area contributed by atoms with E-state index in [4.69, 9.17) is 9.47 Å². The van der Waals surface area contributed by atoms with Gasteiger partial charge >= 0.3 is 0 Å². The first-order valence-corrected chi connectivity index (χ1v) is 6.49. The molecule has 1 aliphatic heterocycles. The maximum atomic E-state index is 5.48. The highest BCUT2D eigenvalue weighted by molar-refractivity contribution is 5.45. The molecule has 18 heavy (non-hydrogen) atoms. The SMILES string of the molecule is COCc1c(OC)cccc1C1(C)CNCC1C. The Morgan fingerprint density at radius 2 is 2.17 bits per heavy atom. The third-order valence-corrected chi connectivity index (χ3v) is 4.29. The summed E-state index contributed by atoms with van der Waals surface area (Å²) in [6.45, 7) is 7.31. The minimum Gasteiger partial charge on any atom is -0.496 e. The highest BCUT2D eigenvalue weighted by Gasteiger charge is 2.39. The minimum absolute atomic E-state index is 0.155. The number of hydrogen-bond donors (Lipinski definition) is 1. The molecule has 0 aromatic heterocycles. The number of rotatable bonds is 4. The molecular weight excluding hydrogens is 226 g/mol. The third kappa shape index (κ3) is 2.13. The van der Waals surface area contributed by atoms with Crippen molar-refractivity contribution in [1.82, 2.24) is 5.32 Å². The van der Waals surface area contributed by atoms with Crippen LogP contribution in [0.1, 0.15) is 25.0 Å². The summed E-state index contributed by atoms with van der Waals surface area (Å²) in [7, 11) is 3.45. The van der Waals surface area contributed by atoms with Crippen LogP contribution in [0.5, 0.6) is 5.75 Å². The zero-order chi connectivity index (χ0) is 13.2. The van der Waals surface area contributed by atoms with E-state index >= 15 is 0 Å². The van der Waals surface area contributed by atoms with Crippen LogP contribution in [-0.4, -0.2) is 27.3 Å². The van der Waals surface area contributed by atoms with E-state index in [1.807, 2.05) is 6.07 Å². The Balaban J connectivity index is 2.49. The summed E-state index contributed by atoms with van der Waals surface area (Å²) in [6, 6.07) is 6.29. The Labute approximate surface area is 109 Å². The fourth-order valence-electron chi connectivity index (χ4n) is 2.89. The molecule has 0 bridgehead atoms. The van der Waals surface area contributed by atoms with Crippen LogP contribution in [0.4, 0.5) is 0 Å². The summed E-state index contributed by atoms with van der Waals surface area (Å²) in [5.74, 6) is 1.54. The fourth-order valence-corrected chi connectivity index (χ4v) is 2.89. The molecule has 1 aliphatic rings. The van der Waals surface area contributed by atoms with Crippen molar-refractivity contribution in [3.63, 3.8) is 0 Å². The van der Waals surface area contributed by atoms with Gasteiger partial charge in [-0.2, -0.15) is 0 Å². The van der Waals surface area contributed by atoms with Gasteiger partial charge in [-0.05, 0) is 24.1 Å². The zero-order valence-electron chi connectivity index (χ0n) is 11.7. The van der Waals surface area contributed by atoms with Gasteiger partial charge in [-0.15, -0.1) is 0 Å². The molecule has 3 heteroatoms. The minimum atomic E-state index is 0.155. The smallest absolute Gasteiger partial charge is 0.124 e. The first kappa shape index (κ1) is 13.4. The van der Waals surface area contributed by atoms with E-state index < -0.39 is 0 Å². The van der Waals surface area contributed by atoms with Crippen molar-refractivity contribution in [3.8, 4) is 5.75 Å². The van der Waals surface area contributed by atoms with E-state index in [2.05, 4.69) is 31.3 Å². The Bertz CT molecular complexity index is 419. The van der Waals surface area contributed by atoms with Gasteiger partial charge in [0.15, 0.2) is 0 Å². The van der Waals surface area contributed by atoms with Crippen molar-refractivity contribution >= 4 is 0 Å². The first-order valence-electron chi connectivity index (χ1n) is 6.49. The second kappa shape index (κ2) is 5.29. The molecule has 1 fully saturated rings. The van der Waals surface area contributed by atoms with Crippen LogP contribution in [0.3, 0.4) is 0 Å². The lowest BCUT2D eigenvalue weighted by Crippen LogP contribution is -2.31. The van der Waals surface area contributed by atoms with Crippen molar-refractivity contribution in [1.29, 1.82) is 0 Å². The van der Waals surface area contributed by atoms with Crippen molar-refractivity contribution in [2.24, 2.45) is 5.92 Å². The summed E-state index contributed by atoms with van der Waals surface area (Å²) in [4.78, 5) is 0. The average molecular weight is 249 g/mol. The molecule has 2 unspecified atom stereocenters. The Hall–Kier alpha value is -1.06. The van der Waals surface area contributed by atoms with Crippen molar-refractivity contribution in [2.75, 3.05) is 27.3 Å². The first-order chi connectivity index (χ1) is 8.63. The van der Waals surface area contributed by atoms with Crippen LogP contribution >= 0.6 is 0 Å². The number of hydrogen-bond acceptors (Lipinski definition) is 3. The van der Waals surface area contributed by atoms with Gasteiger partial charge in [-0.25, -0.2) is 0 Å². The van der Waals surface area contributed by atoms with E-state index in [9.17, 15) is 0 Å². The van der Waals surface area contributed by atoms with Gasteiger partial charge in [0.2, 0.25) is 0 Å². The molecule has 100 valence electrons. The van der Waals surface area contributed by atoms with Gasteiger partial charge in [0, 0.05) is 24.6 Å². The monoisotopic (exact) mass is 249 g/mol. The van der Waals surface area contributed by atoms with Crippen molar-refractivity contribution in [3.05, 3.63) is 29.3 Å². The van der Waals surface area contributed by atoms with E-state index in [-0.39, 0.29) is 5.41 Å². The molecular formula is C15H23NO2. The Morgan fingerprint density at radius 1 is 1.39 bits per heavy atom. The second-order valence-electron chi connectivity index (χ2n) is 5.37. The molecule has 2 atom stereocenters. The van der Waals surface area contributed by atoms with Gasteiger partial charge in [0.1, 0.15) is 5.75 Å². The van der Waals surface area contributed by atoms with Crippen LogP contribution in [0.15, 0.2) is 18.2 Å². The van der Waals surface area contributed by atoms with E-state index in [1.165, 1.54) is 11.1 Å². The van der Waals surface area contributed by atoms with E-state index in [0.29, 0.717) is 12.5 Å². The third-order valence-electron chi connectivity index (χ3n) is 4.29. The van der Waals surface area contributed by atoms with Gasteiger partial charge in [0.25, 0.3) is 0 Å².